The van der Waals surface area contributed by atoms with Crippen molar-refractivity contribution in [2.45, 2.75) is 6.42 Å². The van der Waals surface area contributed by atoms with E-state index in [4.69, 9.17) is 14.2 Å². The van der Waals surface area contributed by atoms with Crippen LogP contribution in [0.15, 0.2) is 18.2 Å². The molecule has 6 heteroatoms. The highest BCUT2D eigenvalue weighted by atomic mass is 16.5. The summed E-state index contributed by atoms with van der Waals surface area (Å²) >= 11 is 0. The molecule has 0 saturated carbocycles. The number of rotatable bonds is 5. The van der Waals surface area contributed by atoms with Crippen LogP contribution in [-0.4, -0.2) is 44.9 Å². The van der Waals surface area contributed by atoms with E-state index in [2.05, 4.69) is 10.3 Å². The highest BCUT2D eigenvalue weighted by Gasteiger charge is 2.18. The fourth-order valence-electron chi connectivity index (χ4n) is 2.66. The summed E-state index contributed by atoms with van der Waals surface area (Å²) in [6, 6.07) is 5.47. The number of hydrogen-bond acceptors (Lipinski definition) is 4. The maximum atomic E-state index is 12.3. The van der Waals surface area contributed by atoms with E-state index in [1.54, 1.807) is 26.4 Å². The van der Waals surface area contributed by atoms with Gasteiger partial charge in [0.25, 0.3) is 5.91 Å². The fourth-order valence-corrected chi connectivity index (χ4v) is 2.66. The first-order chi connectivity index (χ1) is 10.7. The van der Waals surface area contributed by atoms with Gasteiger partial charge in [-0.15, -0.1) is 0 Å². The predicted octanol–water partition coefficient (Wildman–Crippen LogP) is 1.95. The van der Waals surface area contributed by atoms with Crippen LogP contribution < -0.4 is 14.8 Å². The molecule has 2 aromatic rings. The molecule has 0 aliphatic carbocycles. The number of carbonyl (C=O) groups excluding carboxylic acids is 1. The van der Waals surface area contributed by atoms with E-state index in [-0.39, 0.29) is 5.91 Å². The molecule has 22 heavy (non-hydrogen) atoms. The standard InChI is InChI=1S/C16H20N2O4/c1-20-12-5-11-6-13(18-15(11)14(7-12)21-2)16(19)17-8-10-3-4-22-9-10/h5-7,10,18H,3-4,8-9H2,1-2H3,(H,17,19). The Morgan fingerprint density at radius 2 is 2.23 bits per heavy atom. The van der Waals surface area contributed by atoms with Crippen molar-refractivity contribution in [3.63, 3.8) is 0 Å². The van der Waals surface area contributed by atoms with Gasteiger partial charge < -0.3 is 24.5 Å². The number of ether oxygens (including phenoxy) is 3. The summed E-state index contributed by atoms with van der Waals surface area (Å²) in [5, 5.41) is 3.83. The Hall–Kier alpha value is -2.21. The zero-order valence-electron chi connectivity index (χ0n) is 12.8. The van der Waals surface area contributed by atoms with Crippen molar-refractivity contribution in [2.75, 3.05) is 34.0 Å². The van der Waals surface area contributed by atoms with E-state index < -0.39 is 0 Å². The van der Waals surface area contributed by atoms with Crippen molar-refractivity contribution < 1.29 is 19.0 Å². The molecule has 118 valence electrons. The van der Waals surface area contributed by atoms with Crippen molar-refractivity contribution in [1.29, 1.82) is 0 Å². The average Bonchev–Trinajstić information content (AvgIpc) is 3.20. The number of carbonyl (C=O) groups is 1. The summed E-state index contributed by atoms with van der Waals surface area (Å²) in [5.74, 6) is 1.63. The van der Waals surface area contributed by atoms with Gasteiger partial charge >= 0.3 is 0 Å². The number of fused-ring (bicyclic) bond motifs is 1. The van der Waals surface area contributed by atoms with Crippen molar-refractivity contribution in [3.8, 4) is 11.5 Å². The molecule has 0 bridgehead atoms. The normalized spacial score (nSPS) is 17.6. The minimum atomic E-state index is -0.121. The molecule has 0 radical (unpaired) electrons. The smallest absolute Gasteiger partial charge is 0.267 e. The molecule has 1 fully saturated rings. The van der Waals surface area contributed by atoms with Gasteiger partial charge in [0.15, 0.2) is 0 Å². The Morgan fingerprint density at radius 3 is 2.91 bits per heavy atom. The number of nitrogens with one attached hydrogen (secondary N) is 2. The predicted molar refractivity (Wildman–Crippen MR) is 82.7 cm³/mol. The Labute approximate surface area is 128 Å². The largest absolute Gasteiger partial charge is 0.497 e. The van der Waals surface area contributed by atoms with E-state index in [1.807, 2.05) is 6.07 Å². The maximum absolute atomic E-state index is 12.3. The lowest BCUT2D eigenvalue weighted by Crippen LogP contribution is -2.29. The molecule has 1 saturated heterocycles. The van der Waals surface area contributed by atoms with Crippen molar-refractivity contribution >= 4 is 16.8 Å². The van der Waals surface area contributed by atoms with Gasteiger partial charge in [-0.1, -0.05) is 0 Å². The summed E-state index contributed by atoms with van der Waals surface area (Å²) in [4.78, 5) is 15.4. The lowest BCUT2D eigenvalue weighted by Gasteiger charge is -2.08. The van der Waals surface area contributed by atoms with Crippen molar-refractivity contribution in [2.24, 2.45) is 5.92 Å². The SMILES string of the molecule is COc1cc(OC)c2[nH]c(C(=O)NCC3CCOC3)cc2c1. The number of aromatic nitrogens is 1. The van der Waals surface area contributed by atoms with Gasteiger partial charge in [0.1, 0.15) is 17.2 Å². The van der Waals surface area contributed by atoms with Crippen LogP contribution in [0.3, 0.4) is 0 Å². The molecule has 1 aliphatic rings. The maximum Gasteiger partial charge on any atom is 0.267 e. The molecule has 1 aliphatic heterocycles. The average molecular weight is 304 g/mol. The van der Waals surface area contributed by atoms with Crippen LogP contribution in [0.1, 0.15) is 16.9 Å². The second kappa shape index (κ2) is 6.27. The lowest BCUT2D eigenvalue weighted by molar-refractivity contribution is 0.0941. The zero-order valence-corrected chi connectivity index (χ0v) is 12.8. The minimum Gasteiger partial charge on any atom is -0.497 e. The van der Waals surface area contributed by atoms with Gasteiger partial charge in [-0.25, -0.2) is 0 Å². The summed E-state index contributed by atoms with van der Waals surface area (Å²) in [6.07, 6.45) is 0.998. The van der Waals surface area contributed by atoms with Crippen molar-refractivity contribution in [1.82, 2.24) is 10.3 Å². The molecule has 1 aromatic carbocycles. The Bertz CT molecular complexity index is 674. The highest BCUT2D eigenvalue weighted by molar-refractivity contribution is 5.99. The molecular formula is C16H20N2O4. The van der Waals surface area contributed by atoms with Gasteiger partial charge in [0, 0.05) is 30.5 Å². The first kappa shape index (κ1) is 14.7. The third-order valence-corrected chi connectivity index (χ3v) is 3.94. The van der Waals surface area contributed by atoms with E-state index in [0.717, 1.165) is 30.5 Å². The van der Waals surface area contributed by atoms with Gasteiger partial charge in [-0.2, -0.15) is 0 Å². The van der Waals surface area contributed by atoms with E-state index in [1.165, 1.54) is 0 Å². The monoisotopic (exact) mass is 304 g/mol. The van der Waals surface area contributed by atoms with Gasteiger partial charge in [0.05, 0.1) is 26.3 Å². The van der Waals surface area contributed by atoms with Crippen LogP contribution >= 0.6 is 0 Å². The van der Waals surface area contributed by atoms with Crippen LogP contribution in [0.4, 0.5) is 0 Å². The van der Waals surface area contributed by atoms with Crippen LogP contribution in [0, 0.1) is 5.92 Å². The summed E-state index contributed by atoms with van der Waals surface area (Å²) < 4.78 is 15.9. The van der Waals surface area contributed by atoms with E-state index in [0.29, 0.717) is 29.7 Å². The molecule has 6 nitrogen and oxygen atoms in total. The molecule has 0 spiro atoms. The molecule has 1 unspecified atom stereocenters. The number of hydrogen-bond donors (Lipinski definition) is 2. The summed E-state index contributed by atoms with van der Waals surface area (Å²) in [5.41, 5.74) is 1.30. The molecule has 1 aromatic heterocycles. The molecule has 1 atom stereocenters. The van der Waals surface area contributed by atoms with Crippen LogP contribution in [0.2, 0.25) is 0 Å². The van der Waals surface area contributed by atoms with Crippen molar-refractivity contribution in [3.05, 3.63) is 23.9 Å². The van der Waals surface area contributed by atoms with E-state index in [9.17, 15) is 4.79 Å². The fraction of sp³-hybridized carbons (Fsp3) is 0.438. The lowest BCUT2D eigenvalue weighted by atomic mass is 10.1. The molecule has 2 N–H and O–H groups in total. The number of H-pyrrole nitrogens is 1. The third kappa shape index (κ3) is 2.87. The first-order valence-corrected chi connectivity index (χ1v) is 7.32. The quantitative estimate of drug-likeness (QED) is 0.885. The van der Waals surface area contributed by atoms with Crippen LogP contribution in [0.25, 0.3) is 10.9 Å². The molecule has 3 rings (SSSR count). The molecular weight excluding hydrogens is 284 g/mol. The number of methoxy groups -OCH3 is 2. The van der Waals surface area contributed by atoms with Gasteiger partial charge in [-0.3, -0.25) is 4.79 Å². The molecule has 1 amide bonds. The Balaban J connectivity index is 1.79. The second-order valence-electron chi connectivity index (χ2n) is 5.42. The first-order valence-electron chi connectivity index (χ1n) is 7.32. The molecule has 2 heterocycles. The Morgan fingerprint density at radius 1 is 1.36 bits per heavy atom. The highest BCUT2D eigenvalue weighted by Crippen LogP contribution is 2.31. The topological polar surface area (TPSA) is 72.6 Å². The zero-order chi connectivity index (χ0) is 15.5. The van der Waals surface area contributed by atoms with Crippen LogP contribution in [0.5, 0.6) is 11.5 Å². The Kier molecular flexibility index (Phi) is 4.20. The minimum absolute atomic E-state index is 0.121. The van der Waals surface area contributed by atoms with Gasteiger partial charge in [0.2, 0.25) is 0 Å². The number of amides is 1. The number of aromatic amines is 1. The number of benzene rings is 1. The summed E-state index contributed by atoms with van der Waals surface area (Å²) in [6.45, 7) is 2.14. The van der Waals surface area contributed by atoms with Gasteiger partial charge in [-0.05, 0) is 18.6 Å². The second-order valence-corrected chi connectivity index (χ2v) is 5.42. The summed E-state index contributed by atoms with van der Waals surface area (Å²) in [7, 11) is 3.19. The van der Waals surface area contributed by atoms with Crippen LogP contribution in [-0.2, 0) is 4.74 Å². The van der Waals surface area contributed by atoms with E-state index >= 15 is 0 Å². The third-order valence-electron chi connectivity index (χ3n) is 3.94.